The highest BCUT2D eigenvalue weighted by molar-refractivity contribution is 9.10. The maximum absolute atomic E-state index is 6.36. The lowest BCUT2D eigenvalue weighted by molar-refractivity contribution is 0.254. The molecule has 2 aromatic rings. The molecule has 4 heteroatoms. The Hall–Kier alpha value is -1.03. The third-order valence-electron chi connectivity index (χ3n) is 3.52. The Labute approximate surface area is 132 Å². The molecule has 1 aliphatic heterocycles. The van der Waals surface area contributed by atoms with Crippen LogP contribution in [-0.2, 0) is 6.42 Å². The van der Waals surface area contributed by atoms with Gasteiger partial charge >= 0.3 is 0 Å². The monoisotopic (exact) mass is 351 g/mol. The summed E-state index contributed by atoms with van der Waals surface area (Å²) in [6.07, 6.45) is 1.19. The van der Waals surface area contributed by atoms with Crippen LogP contribution in [0.2, 0.25) is 5.02 Å². The number of rotatable bonds is 2. The number of ether oxygens (including phenoxy) is 1. The summed E-state index contributed by atoms with van der Waals surface area (Å²) in [5, 5.41) is 0.683. The predicted octanol–water partition coefficient (Wildman–Crippen LogP) is 4.47. The second kappa shape index (κ2) is 5.40. The van der Waals surface area contributed by atoms with Gasteiger partial charge in [0.1, 0.15) is 11.9 Å². The molecule has 104 valence electrons. The normalized spacial score (nSPS) is 18.5. The van der Waals surface area contributed by atoms with Crippen LogP contribution in [-0.4, -0.2) is 6.10 Å². The fraction of sp³-hybridized carbons (Fsp3) is 0.250. The Morgan fingerprint density at radius 2 is 2.05 bits per heavy atom. The Morgan fingerprint density at radius 1 is 1.25 bits per heavy atom. The minimum Gasteiger partial charge on any atom is -0.490 e. The number of benzene rings is 2. The second-order valence-electron chi connectivity index (χ2n) is 5.18. The van der Waals surface area contributed by atoms with Gasteiger partial charge in [-0.05, 0) is 47.9 Å². The van der Waals surface area contributed by atoms with E-state index in [-0.39, 0.29) is 12.1 Å². The first-order chi connectivity index (χ1) is 9.52. The summed E-state index contributed by atoms with van der Waals surface area (Å²) in [6.45, 7) is 2.08. The van der Waals surface area contributed by atoms with Gasteiger partial charge in [0.05, 0.1) is 6.04 Å². The molecule has 0 saturated carbocycles. The molecule has 0 aliphatic carbocycles. The zero-order valence-corrected chi connectivity index (χ0v) is 13.4. The van der Waals surface area contributed by atoms with Crippen molar-refractivity contribution in [3.8, 4) is 5.75 Å². The van der Waals surface area contributed by atoms with Crippen molar-refractivity contribution >= 4 is 27.5 Å². The van der Waals surface area contributed by atoms with Crippen molar-refractivity contribution in [1.29, 1.82) is 0 Å². The lowest BCUT2D eigenvalue weighted by Crippen LogP contribution is -2.12. The van der Waals surface area contributed by atoms with E-state index in [0.29, 0.717) is 5.02 Å². The molecule has 0 radical (unpaired) electrons. The smallest absolute Gasteiger partial charge is 0.123 e. The van der Waals surface area contributed by atoms with Crippen LogP contribution in [0.25, 0.3) is 0 Å². The highest BCUT2D eigenvalue weighted by atomic mass is 79.9. The van der Waals surface area contributed by atoms with Crippen molar-refractivity contribution in [3.63, 3.8) is 0 Å². The summed E-state index contributed by atoms with van der Waals surface area (Å²) in [4.78, 5) is 0. The van der Waals surface area contributed by atoms with Crippen LogP contribution >= 0.6 is 27.5 Å². The minimum absolute atomic E-state index is 0.189. The van der Waals surface area contributed by atoms with Crippen molar-refractivity contribution in [3.05, 3.63) is 62.6 Å². The maximum atomic E-state index is 6.36. The van der Waals surface area contributed by atoms with Crippen LogP contribution in [0.4, 0.5) is 0 Å². The number of halogens is 2. The van der Waals surface area contributed by atoms with E-state index in [1.807, 2.05) is 30.3 Å². The lowest BCUT2D eigenvalue weighted by Gasteiger charge is -2.14. The Balaban J connectivity index is 1.95. The first-order valence-electron chi connectivity index (χ1n) is 6.54. The van der Waals surface area contributed by atoms with Gasteiger partial charge < -0.3 is 10.5 Å². The Kier molecular flexibility index (Phi) is 3.76. The fourth-order valence-corrected chi connectivity index (χ4v) is 3.47. The number of nitrogens with two attached hydrogens (primary N) is 1. The maximum Gasteiger partial charge on any atom is 0.123 e. The average molecular weight is 353 g/mol. The van der Waals surface area contributed by atoms with Crippen molar-refractivity contribution in [1.82, 2.24) is 0 Å². The second-order valence-corrected chi connectivity index (χ2v) is 6.53. The van der Waals surface area contributed by atoms with E-state index in [1.165, 1.54) is 5.56 Å². The van der Waals surface area contributed by atoms with Crippen LogP contribution in [0.5, 0.6) is 5.75 Å². The number of fused-ring (bicyclic) bond motifs is 1. The quantitative estimate of drug-likeness (QED) is 0.865. The van der Waals surface area contributed by atoms with Crippen molar-refractivity contribution in [2.24, 2.45) is 5.73 Å². The molecule has 0 bridgehead atoms. The van der Waals surface area contributed by atoms with Crippen LogP contribution < -0.4 is 10.5 Å². The molecule has 20 heavy (non-hydrogen) atoms. The molecule has 0 fully saturated rings. The van der Waals surface area contributed by atoms with Crippen molar-refractivity contribution < 1.29 is 4.74 Å². The fourth-order valence-electron chi connectivity index (χ4n) is 2.58. The standard InChI is InChI=1S/C16H15BrClNO/c1-9-4-11-5-10(2-3-15(11)20-9)16(19)12-6-13(17)8-14(18)7-12/h2-3,5-9,16H,4,19H2,1H3. The Morgan fingerprint density at radius 3 is 2.80 bits per heavy atom. The molecular weight excluding hydrogens is 338 g/mol. The molecule has 2 nitrogen and oxygen atoms in total. The molecule has 3 rings (SSSR count). The zero-order valence-electron chi connectivity index (χ0n) is 11.1. The van der Waals surface area contributed by atoms with E-state index in [9.17, 15) is 0 Å². The number of hydrogen-bond acceptors (Lipinski definition) is 2. The molecule has 2 atom stereocenters. The van der Waals surface area contributed by atoms with Crippen LogP contribution in [0.1, 0.15) is 29.7 Å². The van der Waals surface area contributed by atoms with Crippen LogP contribution in [0.15, 0.2) is 40.9 Å². The van der Waals surface area contributed by atoms with Crippen LogP contribution in [0, 0.1) is 0 Å². The van der Waals surface area contributed by atoms with Gasteiger partial charge in [-0.3, -0.25) is 0 Å². The molecule has 0 spiro atoms. The third-order valence-corrected chi connectivity index (χ3v) is 4.20. The van der Waals surface area contributed by atoms with E-state index < -0.39 is 0 Å². The summed E-state index contributed by atoms with van der Waals surface area (Å²) >= 11 is 9.54. The SMILES string of the molecule is CC1Cc2cc(C(N)c3cc(Cl)cc(Br)c3)ccc2O1. The molecule has 1 aliphatic rings. The largest absolute Gasteiger partial charge is 0.490 e. The third kappa shape index (κ3) is 2.71. The molecule has 1 heterocycles. The van der Waals surface area contributed by atoms with Gasteiger partial charge in [0, 0.05) is 15.9 Å². The van der Waals surface area contributed by atoms with Gasteiger partial charge in [0.25, 0.3) is 0 Å². The van der Waals surface area contributed by atoms with Gasteiger partial charge in [0.15, 0.2) is 0 Å². The summed E-state index contributed by atoms with van der Waals surface area (Å²) in [6, 6.07) is 11.7. The van der Waals surface area contributed by atoms with Crippen molar-refractivity contribution in [2.45, 2.75) is 25.5 Å². The van der Waals surface area contributed by atoms with Gasteiger partial charge in [-0.25, -0.2) is 0 Å². The molecule has 0 aromatic heterocycles. The molecule has 0 saturated heterocycles. The first-order valence-corrected chi connectivity index (χ1v) is 7.71. The summed E-state index contributed by atoms with van der Waals surface area (Å²) < 4.78 is 6.65. The number of hydrogen-bond donors (Lipinski definition) is 1. The molecule has 2 aromatic carbocycles. The van der Waals surface area contributed by atoms with Gasteiger partial charge in [0.2, 0.25) is 0 Å². The predicted molar refractivity (Wildman–Crippen MR) is 85.4 cm³/mol. The molecule has 0 amide bonds. The molecule has 2 unspecified atom stereocenters. The topological polar surface area (TPSA) is 35.2 Å². The minimum atomic E-state index is -0.189. The average Bonchev–Trinajstić information content (AvgIpc) is 2.75. The highest BCUT2D eigenvalue weighted by Crippen LogP contribution is 2.33. The Bertz CT molecular complexity index is 639. The van der Waals surface area contributed by atoms with E-state index >= 15 is 0 Å². The summed E-state index contributed by atoms with van der Waals surface area (Å²) in [5.74, 6) is 0.973. The van der Waals surface area contributed by atoms with E-state index in [4.69, 9.17) is 22.1 Å². The molecular formula is C16H15BrClNO. The van der Waals surface area contributed by atoms with E-state index in [0.717, 1.165) is 27.8 Å². The first kappa shape index (κ1) is 13.9. The van der Waals surface area contributed by atoms with Crippen LogP contribution in [0.3, 0.4) is 0 Å². The van der Waals surface area contributed by atoms with E-state index in [1.54, 1.807) is 0 Å². The zero-order chi connectivity index (χ0) is 14.3. The van der Waals surface area contributed by atoms with E-state index in [2.05, 4.69) is 28.9 Å². The summed E-state index contributed by atoms with van der Waals surface area (Å²) in [7, 11) is 0. The van der Waals surface area contributed by atoms with Gasteiger partial charge in [-0.2, -0.15) is 0 Å². The van der Waals surface area contributed by atoms with Gasteiger partial charge in [-0.1, -0.05) is 39.7 Å². The summed E-state index contributed by atoms with van der Waals surface area (Å²) in [5.41, 5.74) is 9.67. The lowest BCUT2D eigenvalue weighted by atomic mass is 9.97. The van der Waals surface area contributed by atoms with Gasteiger partial charge in [-0.15, -0.1) is 0 Å². The van der Waals surface area contributed by atoms with Crippen molar-refractivity contribution in [2.75, 3.05) is 0 Å². The highest BCUT2D eigenvalue weighted by Gasteiger charge is 2.20. The molecule has 2 N–H and O–H groups in total.